The van der Waals surface area contributed by atoms with Crippen LogP contribution in [0.15, 0.2) is 28.2 Å². The van der Waals surface area contributed by atoms with E-state index in [-0.39, 0.29) is 35.3 Å². The highest BCUT2D eigenvalue weighted by atomic mass is 32.2. The lowest BCUT2D eigenvalue weighted by Gasteiger charge is -2.26. The predicted molar refractivity (Wildman–Crippen MR) is 98.9 cm³/mol. The van der Waals surface area contributed by atoms with Gasteiger partial charge in [0.25, 0.3) is 5.69 Å². The number of hydrogen-bond donors (Lipinski definition) is 1. The van der Waals surface area contributed by atoms with Crippen LogP contribution in [0.25, 0.3) is 0 Å². The second-order valence-corrected chi connectivity index (χ2v) is 8.03. The predicted octanol–water partition coefficient (Wildman–Crippen LogP) is 2.45. The van der Waals surface area contributed by atoms with Gasteiger partial charge in [0.2, 0.25) is 10.0 Å². The van der Waals surface area contributed by atoms with Gasteiger partial charge in [-0.2, -0.15) is 9.41 Å². The summed E-state index contributed by atoms with van der Waals surface area (Å²) in [7, 11) is -3.91. The molecule has 9 nitrogen and oxygen atoms in total. The van der Waals surface area contributed by atoms with Crippen LogP contribution in [-0.4, -0.2) is 49.7 Å². The van der Waals surface area contributed by atoms with E-state index >= 15 is 0 Å². The average Bonchev–Trinajstić information content (AvgIpc) is 2.65. The second-order valence-electron chi connectivity index (χ2n) is 6.13. The molecule has 0 amide bonds. The molecule has 0 radical (unpaired) electrons. The molecule has 0 unspecified atom stereocenters. The number of morpholine rings is 1. The Morgan fingerprint density at radius 2 is 2.08 bits per heavy atom. The number of nitrogens with one attached hydrogen (secondary N) is 1. The number of nitrogens with zero attached hydrogens (tertiary/aromatic N) is 3. The van der Waals surface area contributed by atoms with Crippen molar-refractivity contribution in [1.29, 1.82) is 0 Å². The van der Waals surface area contributed by atoms with E-state index in [0.717, 1.165) is 18.2 Å². The third-order valence-electron chi connectivity index (χ3n) is 4.44. The lowest BCUT2D eigenvalue weighted by Crippen LogP contribution is -2.40. The first kappa shape index (κ1) is 20.3. The van der Waals surface area contributed by atoms with Gasteiger partial charge in [0.1, 0.15) is 4.90 Å². The van der Waals surface area contributed by atoms with Crippen molar-refractivity contribution in [2.75, 3.05) is 31.7 Å². The molecule has 1 aromatic rings. The maximum Gasteiger partial charge on any atom is 0.270 e. The number of anilines is 1. The molecule has 0 bridgehead atoms. The minimum atomic E-state index is -3.91. The molecule has 1 N–H and O–H groups in total. The molecular weight excluding hydrogens is 360 g/mol. The molecule has 1 aliphatic heterocycles. The van der Waals surface area contributed by atoms with Crippen molar-refractivity contribution in [2.24, 2.45) is 11.0 Å². The van der Waals surface area contributed by atoms with Crippen LogP contribution < -0.4 is 5.43 Å². The van der Waals surface area contributed by atoms with Crippen molar-refractivity contribution in [3.8, 4) is 0 Å². The highest BCUT2D eigenvalue weighted by Gasteiger charge is 2.30. The Morgan fingerprint density at radius 3 is 2.65 bits per heavy atom. The van der Waals surface area contributed by atoms with E-state index in [1.54, 1.807) is 0 Å². The fourth-order valence-corrected chi connectivity index (χ4v) is 3.98. The monoisotopic (exact) mass is 384 g/mol. The van der Waals surface area contributed by atoms with Gasteiger partial charge in [-0.25, -0.2) is 8.42 Å². The zero-order valence-corrected chi connectivity index (χ0v) is 16.0. The van der Waals surface area contributed by atoms with Gasteiger partial charge in [-0.15, -0.1) is 0 Å². The summed E-state index contributed by atoms with van der Waals surface area (Å²) < 4.78 is 32.4. The number of rotatable bonds is 7. The molecule has 1 aliphatic rings. The molecule has 1 heterocycles. The molecule has 10 heteroatoms. The number of non-ortho nitro benzene ring substituents is 1. The number of nitro groups is 1. The number of nitro benzene ring substituents is 1. The summed E-state index contributed by atoms with van der Waals surface area (Å²) in [5.41, 5.74) is 3.51. The van der Waals surface area contributed by atoms with Gasteiger partial charge in [-0.1, -0.05) is 13.8 Å². The second kappa shape index (κ2) is 8.56. The molecular formula is C16H24N4O5S. The van der Waals surface area contributed by atoms with Crippen LogP contribution in [0, 0.1) is 16.0 Å². The zero-order valence-electron chi connectivity index (χ0n) is 15.1. The van der Waals surface area contributed by atoms with Gasteiger partial charge in [0.15, 0.2) is 0 Å². The Labute approximate surface area is 153 Å². The maximum atomic E-state index is 13.0. The number of hydrazone groups is 1. The largest absolute Gasteiger partial charge is 0.379 e. The van der Waals surface area contributed by atoms with Crippen LogP contribution in [0.4, 0.5) is 11.4 Å². The van der Waals surface area contributed by atoms with Gasteiger partial charge >= 0.3 is 0 Å². The van der Waals surface area contributed by atoms with Crippen LogP contribution in [0.2, 0.25) is 0 Å². The molecule has 1 aromatic carbocycles. The van der Waals surface area contributed by atoms with Gasteiger partial charge in [-0.05, 0) is 25.3 Å². The van der Waals surface area contributed by atoms with Crippen LogP contribution >= 0.6 is 0 Å². The van der Waals surface area contributed by atoms with E-state index in [0.29, 0.717) is 13.2 Å². The van der Waals surface area contributed by atoms with Gasteiger partial charge in [-0.3, -0.25) is 15.5 Å². The molecule has 0 saturated carbocycles. The Kier molecular flexibility index (Phi) is 6.68. The van der Waals surface area contributed by atoms with Crippen molar-refractivity contribution >= 4 is 27.1 Å². The average molecular weight is 384 g/mol. The van der Waals surface area contributed by atoms with Crippen molar-refractivity contribution in [3.63, 3.8) is 0 Å². The molecule has 1 atom stereocenters. The quantitative estimate of drug-likeness (QED) is 0.439. The van der Waals surface area contributed by atoms with E-state index in [1.165, 1.54) is 16.4 Å². The van der Waals surface area contributed by atoms with Crippen molar-refractivity contribution < 1.29 is 18.1 Å². The molecule has 2 rings (SSSR count). The summed E-state index contributed by atoms with van der Waals surface area (Å²) in [5.74, 6) is 0.236. The fraction of sp³-hybridized carbons (Fsp3) is 0.562. The third kappa shape index (κ3) is 4.57. The minimum Gasteiger partial charge on any atom is -0.379 e. The first-order valence-electron chi connectivity index (χ1n) is 8.44. The number of sulfonamides is 1. The topological polar surface area (TPSA) is 114 Å². The molecule has 1 fully saturated rings. The Bertz CT molecular complexity index is 788. The van der Waals surface area contributed by atoms with Crippen molar-refractivity contribution in [2.45, 2.75) is 32.1 Å². The maximum absolute atomic E-state index is 13.0. The molecule has 1 saturated heterocycles. The summed E-state index contributed by atoms with van der Waals surface area (Å²) in [5, 5.41) is 15.3. The van der Waals surface area contributed by atoms with E-state index in [9.17, 15) is 18.5 Å². The Balaban J connectivity index is 2.43. The fourth-order valence-electron chi connectivity index (χ4n) is 2.41. The first-order valence-corrected chi connectivity index (χ1v) is 9.88. The summed E-state index contributed by atoms with van der Waals surface area (Å²) in [6, 6.07) is 3.70. The highest BCUT2D eigenvalue weighted by molar-refractivity contribution is 7.89. The van der Waals surface area contributed by atoms with E-state index in [4.69, 9.17) is 4.74 Å². The molecule has 144 valence electrons. The van der Waals surface area contributed by atoms with E-state index in [1.807, 2.05) is 20.8 Å². The standard InChI is InChI=1S/C16H24N4O5S/c1-4-12(2)13(3)17-18-15-6-5-14(20(21)22)11-16(15)26(23,24)19-7-9-25-10-8-19/h5-6,11-12,18H,4,7-10H2,1-3H3/b17-13-/t12-/m0/s1. The molecule has 0 spiro atoms. The van der Waals surface area contributed by atoms with Crippen LogP contribution in [-0.2, 0) is 14.8 Å². The number of hydrogen-bond acceptors (Lipinski definition) is 7. The number of benzene rings is 1. The smallest absolute Gasteiger partial charge is 0.270 e. The minimum absolute atomic E-state index is 0.158. The summed E-state index contributed by atoms with van der Waals surface area (Å²) >= 11 is 0. The first-order chi connectivity index (χ1) is 12.3. The Hall–Kier alpha value is -2.04. The zero-order chi connectivity index (χ0) is 19.3. The van der Waals surface area contributed by atoms with Gasteiger partial charge in [0.05, 0.1) is 23.8 Å². The summed E-state index contributed by atoms with van der Waals surface area (Å²) in [4.78, 5) is 10.3. The summed E-state index contributed by atoms with van der Waals surface area (Å²) in [6.07, 6.45) is 0.899. The van der Waals surface area contributed by atoms with E-state index in [2.05, 4.69) is 10.5 Å². The molecule has 0 aromatic heterocycles. The number of ether oxygens (including phenoxy) is 1. The molecule has 0 aliphatic carbocycles. The van der Waals surface area contributed by atoms with Crippen molar-refractivity contribution in [3.05, 3.63) is 28.3 Å². The lowest BCUT2D eigenvalue weighted by molar-refractivity contribution is -0.385. The molecule has 26 heavy (non-hydrogen) atoms. The highest BCUT2D eigenvalue weighted by Crippen LogP contribution is 2.29. The van der Waals surface area contributed by atoms with E-state index < -0.39 is 14.9 Å². The Morgan fingerprint density at radius 1 is 1.42 bits per heavy atom. The lowest BCUT2D eigenvalue weighted by atomic mass is 10.1. The van der Waals surface area contributed by atoms with Gasteiger partial charge in [0, 0.05) is 30.9 Å². The normalized spacial score (nSPS) is 17.7. The van der Waals surface area contributed by atoms with Crippen LogP contribution in [0.3, 0.4) is 0 Å². The van der Waals surface area contributed by atoms with Crippen LogP contribution in [0.1, 0.15) is 27.2 Å². The van der Waals surface area contributed by atoms with Crippen LogP contribution in [0.5, 0.6) is 0 Å². The van der Waals surface area contributed by atoms with Crippen molar-refractivity contribution in [1.82, 2.24) is 4.31 Å². The summed E-state index contributed by atoms with van der Waals surface area (Å²) in [6.45, 7) is 6.90. The van der Waals surface area contributed by atoms with Gasteiger partial charge < -0.3 is 4.74 Å². The third-order valence-corrected chi connectivity index (χ3v) is 6.38. The SMILES string of the molecule is CC[C@H](C)/C(C)=N\Nc1ccc([N+](=O)[O-])cc1S(=O)(=O)N1CCOCC1.